The van der Waals surface area contributed by atoms with Crippen LogP contribution in [0.3, 0.4) is 0 Å². The van der Waals surface area contributed by atoms with Gasteiger partial charge < -0.3 is 20.1 Å². The summed E-state index contributed by atoms with van der Waals surface area (Å²) in [6.45, 7) is 7.94. The Morgan fingerprint density at radius 2 is 1.57 bits per heavy atom. The van der Waals surface area contributed by atoms with Crippen molar-refractivity contribution in [3.05, 3.63) is 0 Å². The van der Waals surface area contributed by atoms with E-state index in [0.29, 0.717) is 12.1 Å². The fourth-order valence-electron chi connectivity index (χ4n) is 1.94. The first-order valence-electron chi connectivity index (χ1n) is 5.45. The van der Waals surface area contributed by atoms with Gasteiger partial charge in [-0.05, 0) is 12.8 Å². The minimum Gasteiger partial charge on any atom is -0.352 e. The maximum absolute atomic E-state index is 5.47. The SMILES string of the molecule is CC1CNC(C2COC(C)OC2)NC1. The second-order valence-electron chi connectivity index (χ2n) is 4.39. The first-order chi connectivity index (χ1) is 6.75. The molecule has 2 aliphatic heterocycles. The number of rotatable bonds is 1. The largest absolute Gasteiger partial charge is 0.352 e. The summed E-state index contributed by atoms with van der Waals surface area (Å²) >= 11 is 0. The Hall–Kier alpha value is -0.160. The summed E-state index contributed by atoms with van der Waals surface area (Å²) in [6, 6.07) is 0. The van der Waals surface area contributed by atoms with E-state index in [1.54, 1.807) is 0 Å². The molecule has 0 aromatic heterocycles. The van der Waals surface area contributed by atoms with Crippen molar-refractivity contribution in [2.24, 2.45) is 11.8 Å². The molecule has 14 heavy (non-hydrogen) atoms. The van der Waals surface area contributed by atoms with Gasteiger partial charge in [0, 0.05) is 19.0 Å². The molecule has 0 spiro atoms. The maximum Gasteiger partial charge on any atom is 0.154 e. The van der Waals surface area contributed by atoms with E-state index in [-0.39, 0.29) is 6.29 Å². The van der Waals surface area contributed by atoms with Gasteiger partial charge in [-0.25, -0.2) is 0 Å². The molecule has 0 amide bonds. The highest BCUT2D eigenvalue weighted by Crippen LogP contribution is 2.15. The lowest BCUT2D eigenvalue weighted by molar-refractivity contribution is -0.196. The van der Waals surface area contributed by atoms with Gasteiger partial charge in [-0.3, -0.25) is 0 Å². The molecule has 82 valence electrons. The Morgan fingerprint density at radius 1 is 1.00 bits per heavy atom. The lowest BCUT2D eigenvalue weighted by Gasteiger charge is -2.37. The van der Waals surface area contributed by atoms with Crippen LogP contribution in [0.1, 0.15) is 13.8 Å². The summed E-state index contributed by atoms with van der Waals surface area (Å²) in [5, 5.41) is 6.96. The lowest BCUT2D eigenvalue weighted by atomic mass is 10.0. The molecule has 2 N–H and O–H groups in total. The van der Waals surface area contributed by atoms with Gasteiger partial charge in [0.25, 0.3) is 0 Å². The Kier molecular flexibility index (Phi) is 3.38. The topological polar surface area (TPSA) is 42.5 Å². The molecule has 0 aromatic carbocycles. The number of ether oxygens (including phenoxy) is 2. The van der Waals surface area contributed by atoms with Crippen molar-refractivity contribution in [1.29, 1.82) is 0 Å². The van der Waals surface area contributed by atoms with Gasteiger partial charge in [0.15, 0.2) is 6.29 Å². The Bertz CT molecular complexity index is 153. The summed E-state index contributed by atoms with van der Waals surface area (Å²) < 4.78 is 10.9. The predicted molar refractivity (Wildman–Crippen MR) is 53.8 cm³/mol. The summed E-state index contributed by atoms with van der Waals surface area (Å²) in [6.07, 6.45) is 0.326. The molecule has 0 saturated carbocycles. The fourth-order valence-corrected chi connectivity index (χ4v) is 1.94. The minimum absolute atomic E-state index is 0.0336. The van der Waals surface area contributed by atoms with Crippen LogP contribution in [0.2, 0.25) is 0 Å². The average molecular weight is 200 g/mol. The van der Waals surface area contributed by atoms with Crippen LogP contribution in [-0.2, 0) is 9.47 Å². The quantitative estimate of drug-likeness (QED) is 0.632. The van der Waals surface area contributed by atoms with E-state index in [1.807, 2.05) is 6.92 Å². The van der Waals surface area contributed by atoms with E-state index >= 15 is 0 Å². The van der Waals surface area contributed by atoms with Crippen molar-refractivity contribution in [2.75, 3.05) is 26.3 Å². The molecule has 0 aromatic rings. The van der Waals surface area contributed by atoms with Crippen molar-refractivity contribution >= 4 is 0 Å². The molecular weight excluding hydrogens is 180 g/mol. The van der Waals surface area contributed by atoms with Crippen LogP contribution in [0.15, 0.2) is 0 Å². The molecule has 2 saturated heterocycles. The molecule has 4 nitrogen and oxygen atoms in total. The third-order valence-corrected chi connectivity index (χ3v) is 2.93. The van der Waals surface area contributed by atoms with E-state index < -0.39 is 0 Å². The first-order valence-corrected chi connectivity index (χ1v) is 5.45. The highest BCUT2D eigenvalue weighted by molar-refractivity contribution is 4.81. The Balaban J connectivity index is 1.78. The van der Waals surface area contributed by atoms with Gasteiger partial charge >= 0.3 is 0 Å². The fraction of sp³-hybridized carbons (Fsp3) is 1.00. The number of nitrogens with one attached hydrogen (secondary N) is 2. The zero-order chi connectivity index (χ0) is 9.97. The summed E-state index contributed by atoms with van der Waals surface area (Å²) in [7, 11) is 0. The van der Waals surface area contributed by atoms with Crippen LogP contribution in [0.4, 0.5) is 0 Å². The zero-order valence-corrected chi connectivity index (χ0v) is 8.95. The molecular formula is C10H20N2O2. The smallest absolute Gasteiger partial charge is 0.154 e. The summed E-state index contributed by atoms with van der Waals surface area (Å²) in [4.78, 5) is 0. The molecule has 0 atom stereocenters. The highest BCUT2D eigenvalue weighted by Gasteiger charge is 2.29. The van der Waals surface area contributed by atoms with Crippen molar-refractivity contribution in [1.82, 2.24) is 10.6 Å². The van der Waals surface area contributed by atoms with Gasteiger partial charge in [0.1, 0.15) is 0 Å². The molecule has 2 aliphatic rings. The van der Waals surface area contributed by atoms with Gasteiger partial charge in [-0.1, -0.05) is 6.92 Å². The monoisotopic (exact) mass is 200 g/mol. The third kappa shape index (κ3) is 2.45. The van der Waals surface area contributed by atoms with Crippen LogP contribution < -0.4 is 10.6 Å². The highest BCUT2D eigenvalue weighted by atomic mass is 16.7. The maximum atomic E-state index is 5.47. The van der Waals surface area contributed by atoms with Gasteiger partial charge in [-0.2, -0.15) is 0 Å². The van der Waals surface area contributed by atoms with E-state index in [2.05, 4.69) is 17.6 Å². The molecule has 0 unspecified atom stereocenters. The van der Waals surface area contributed by atoms with E-state index in [4.69, 9.17) is 9.47 Å². The predicted octanol–water partition coefficient (Wildman–Crippen LogP) is 0.150. The van der Waals surface area contributed by atoms with Crippen LogP contribution in [0.25, 0.3) is 0 Å². The summed E-state index contributed by atoms with van der Waals surface area (Å²) in [5.74, 6) is 1.16. The van der Waals surface area contributed by atoms with Crippen LogP contribution in [0.5, 0.6) is 0 Å². The standard InChI is InChI=1S/C10H20N2O2/c1-7-3-11-10(12-4-7)9-5-13-8(2)14-6-9/h7-12H,3-6H2,1-2H3. The molecule has 0 bridgehead atoms. The van der Waals surface area contributed by atoms with Crippen LogP contribution in [-0.4, -0.2) is 38.8 Å². The van der Waals surface area contributed by atoms with Crippen molar-refractivity contribution < 1.29 is 9.47 Å². The Labute approximate surface area is 85.3 Å². The van der Waals surface area contributed by atoms with Gasteiger partial charge in [-0.15, -0.1) is 0 Å². The van der Waals surface area contributed by atoms with Crippen molar-refractivity contribution in [3.63, 3.8) is 0 Å². The average Bonchev–Trinajstić information content (AvgIpc) is 2.21. The lowest BCUT2D eigenvalue weighted by Crippen LogP contribution is -2.58. The van der Waals surface area contributed by atoms with Gasteiger partial charge in [0.2, 0.25) is 0 Å². The zero-order valence-electron chi connectivity index (χ0n) is 8.95. The first kappa shape index (κ1) is 10.4. The van der Waals surface area contributed by atoms with Gasteiger partial charge in [0.05, 0.1) is 19.4 Å². The molecule has 4 heteroatoms. The molecule has 0 radical (unpaired) electrons. The third-order valence-electron chi connectivity index (χ3n) is 2.93. The van der Waals surface area contributed by atoms with Crippen LogP contribution >= 0.6 is 0 Å². The number of hydrogen-bond donors (Lipinski definition) is 2. The van der Waals surface area contributed by atoms with E-state index in [1.165, 1.54) is 0 Å². The van der Waals surface area contributed by atoms with E-state index in [9.17, 15) is 0 Å². The van der Waals surface area contributed by atoms with Crippen molar-refractivity contribution in [3.8, 4) is 0 Å². The molecule has 2 rings (SSSR count). The molecule has 2 heterocycles. The second kappa shape index (κ2) is 4.57. The Morgan fingerprint density at radius 3 is 2.14 bits per heavy atom. The summed E-state index contributed by atoms with van der Waals surface area (Å²) in [5.41, 5.74) is 0. The normalized spacial score (nSPS) is 45.0. The minimum atomic E-state index is -0.0336. The molecule has 2 fully saturated rings. The van der Waals surface area contributed by atoms with E-state index in [0.717, 1.165) is 32.2 Å². The van der Waals surface area contributed by atoms with Crippen molar-refractivity contribution in [2.45, 2.75) is 26.3 Å². The number of hydrogen-bond acceptors (Lipinski definition) is 4. The molecule has 0 aliphatic carbocycles. The second-order valence-corrected chi connectivity index (χ2v) is 4.39. The van der Waals surface area contributed by atoms with Crippen LogP contribution in [0, 0.1) is 11.8 Å².